The number of aromatic hydroxyl groups is 2. The predicted octanol–water partition coefficient (Wildman–Crippen LogP) is 5.93. The molecule has 5 rings (SSSR count). The molecule has 2 heterocycles. The van der Waals surface area contributed by atoms with Crippen LogP contribution in [0.5, 0.6) is 11.8 Å². The maximum Gasteiger partial charge on any atom is 0.295 e. The molecule has 36 heavy (non-hydrogen) atoms. The largest absolute Gasteiger partial charge is 0.493 e. The summed E-state index contributed by atoms with van der Waals surface area (Å²) < 4.78 is 3.11. The van der Waals surface area contributed by atoms with Crippen LogP contribution in [-0.4, -0.2) is 31.2 Å². The van der Waals surface area contributed by atoms with Crippen LogP contribution < -0.4 is 0 Å². The van der Waals surface area contributed by atoms with E-state index < -0.39 is 11.8 Å². The smallest absolute Gasteiger partial charge is 0.295 e. The van der Waals surface area contributed by atoms with Crippen molar-refractivity contribution in [2.45, 2.75) is 0 Å². The number of carbonyl (C=O) groups excluding carboxylic acids is 2. The third-order valence-electron chi connectivity index (χ3n) is 5.96. The molecule has 10 heteroatoms. The van der Waals surface area contributed by atoms with Crippen molar-refractivity contribution in [3.8, 4) is 11.8 Å². The second kappa shape index (κ2) is 8.91. The highest BCUT2D eigenvalue weighted by molar-refractivity contribution is 6.00. The first-order valence-corrected chi connectivity index (χ1v) is 10.9. The molecule has 5 aromatic rings. The molecule has 0 aliphatic carbocycles. The van der Waals surface area contributed by atoms with Gasteiger partial charge in [0.15, 0.2) is 11.4 Å². The number of hydrogen-bond donors (Lipinski definition) is 2. The Kier molecular flexibility index (Phi) is 5.61. The van der Waals surface area contributed by atoms with Crippen molar-refractivity contribution in [2.24, 2.45) is 34.6 Å². The Morgan fingerprint density at radius 3 is 1.36 bits per heavy atom. The minimum absolute atomic E-state index is 0.101. The van der Waals surface area contributed by atoms with Gasteiger partial charge in [0, 0.05) is 36.0 Å². The zero-order valence-electron chi connectivity index (χ0n) is 19.3. The number of hydrogen-bond acceptors (Lipinski definition) is 6. The highest BCUT2D eigenvalue weighted by Crippen LogP contribution is 2.38. The highest BCUT2D eigenvalue weighted by Gasteiger charge is 2.16. The monoisotopic (exact) mass is 480 g/mol. The molecule has 0 radical (unpaired) electrons. The van der Waals surface area contributed by atoms with Gasteiger partial charge in [-0.2, -0.15) is 0 Å². The van der Waals surface area contributed by atoms with E-state index in [0.717, 1.165) is 11.0 Å². The first-order chi connectivity index (χ1) is 17.4. The predicted molar refractivity (Wildman–Crippen MR) is 133 cm³/mol. The Hall–Kier alpha value is -5.12. The van der Waals surface area contributed by atoms with Crippen molar-refractivity contribution in [1.82, 2.24) is 9.13 Å². The summed E-state index contributed by atoms with van der Waals surface area (Å²) in [4.78, 5) is 25.0. The number of aryl methyl sites for hydroxylation is 2. The van der Waals surface area contributed by atoms with E-state index >= 15 is 0 Å². The molecule has 0 saturated carbocycles. The van der Waals surface area contributed by atoms with Gasteiger partial charge in [0.05, 0.1) is 11.0 Å². The lowest BCUT2D eigenvalue weighted by Crippen LogP contribution is -1.97. The van der Waals surface area contributed by atoms with Crippen LogP contribution in [-0.2, 0) is 14.1 Å². The molecule has 2 aromatic heterocycles. The molecule has 0 unspecified atom stereocenters. The Labute approximate surface area is 204 Å². The fourth-order valence-electron chi connectivity index (χ4n) is 3.98. The number of benzene rings is 3. The third kappa shape index (κ3) is 3.80. The van der Waals surface area contributed by atoms with Crippen molar-refractivity contribution in [2.75, 3.05) is 0 Å². The van der Waals surface area contributed by atoms with Crippen molar-refractivity contribution < 1.29 is 19.8 Å². The molecule has 0 bridgehead atoms. The van der Waals surface area contributed by atoms with Gasteiger partial charge in [-0.25, -0.2) is 0 Å². The van der Waals surface area contributed by atoms with Crippen LogP contribution in [0, 0.1) is 0 Å². The SMILES string of the molecule is Cn1c(O)c(N=NC(=O)c2ccc(C(=O)N=Nc3c(O)n(C)c4ccccc34)cc2)c2ccccc21. The number of azo groups is 2. The van der Waals surface area contributed by atoms with Crippen LogP contribution in [0.15, 0.2) is 93.3 Å². The molecule has 10 nitrogen and oxygen atoms in total. The van der Waals surface area contributed by atoms with Crippen LogP contribution in [0.3, 0.4) is 0 Å². The second-order valence-corrected chi connectivity index (χ2v) is 8.08. The molecule has 178 valence electrons. The van der Waals surface area contributed by atoms with E-state index in [-0.39, 0.29) is 34.3 Å². The average molecular weight is 480 g/mol. The summed E-state index contributed by atoms with van der Waals surface area (Å²) in [7, 11) is 3.38. The minimum atomic E-state index is -0.636. The summed E-state index contributed by atoms with van der Waals surface area (Å²) in [6.45, 7) is 0. The van der Waals surface area contributed by atoms with E-state index in [9.17, 15) is 19.8 Å². The minimum Gasteiger partial charge on any atom is -0.493 e. The van der Waals surface area contributed by atoms with Gasteiger partial charge in [0.25, 0.3) is 11.8 Å². The number of carbonyl (C=O) groups is 2. The Morgan fingerprint density at radius 1 is 0.611 bits per heavy atom. The normalized spacial score (nSPS) is 11.8. The van der Waals surface area contributed by atoms with Crippen molar-refractivity contribution in [1.29, 1.82) is 0 Å². The van der Waals surface area contributed by atoms with Gasteiger partial charge in [-0.15, -0.1) is 20.5 Å². The van der Waals surface area contributed by atoms with E-state index in [1.165, 1.54) is 24.3 Å². The van der Waals surface area contributed by atoms with E-state index in [2.05, 4.69) is 20.5 Å². The van der Waals surface area contributed by atoms with Crippen molar-refractivity contribution in [3.63, 3.8) is 0 Å². The van der Waals surface area contributed by atoms with Gasteiger partial charge in [-0.05, 0) is 36.4 Å². The highest BCUT2D eigenvalue weighted by atomic mass is 16.3. The van der Waals surface area contributed by atoms with E-state index in [0.29, 0.717) is 10.8 Å². The van der Waals surface area contributed by atoms with Crippen LogP contribution >= 0.6 is 0 Å². The zero-order chi connectivity index (χ0) is 25.4. The van der Waals surface area contributed by atoms with Gasteiger partial charge in [-0.1, -0.05) is 36.4 Å². The van der Waals surface area contributed by atoms with E-state index in [4.69, 9.17) is 0 Å². The van der Waals surface area contributed by atoms with Crippen LogP contribution in [0.25, 0.3) is 21.8 Å². The number of rotatable bonds is 4. The fourth-order valence-corrected chi connectivity index (χ4v) is 3.98. The first-order valence-electron chi connectivity index (χ1n) is 10.9. The average Bonchev–Trinajstić information content (AvgIpc) is 3.30. The summed E-state index contributed by atoms with van der Waals surface area (Å²) in [5, 5.41) is 37.4. The molecular formula is C26H20N6O4. The quantitative estimate of drug-likeness (QED) is 0.308. The molecule has 3 aromatic carbocycles. The van der Waals surface area contributed by atoms with Crippen LogP contribution in [0.1, 0.15) is 20.7 Å². The molecule has 0 fully saturated rings. The molecule has 0 spiro atoms. The maximum atomic E-state index is 12.5. The van der Waals surface area contributed by atoms with E-state index in [1.807, 2.05) is 24.3 Å². The number of fused-ring (bicyclic) bond motifs is 2. The summed E-state index contributed by atoms with van der Waals surface area (Å²) >= 11 is 0. The summed E-state index contributed by atoms with van der Waals surface area (Å²) in [5.41, 5.74) is 2.32. The molecule has 2 N–H and O–H groups in total. The lowest BCUT2D eigenvalue weighted by molar-refractivity contribution is 0.0983. The third-order valence-corrected chi connectivity index (χ3v) is 5.96. The Morgan fingerprint density at radius 2 is 0.972 bits per heavy atom. The molecular weight excluding hydrogens is 460 g/mol. The Bertz CT molecular complexity index is 1580. The van der Waals surface area contributed by atoms with Gasteiger partial charge < -0.3 is 19.3 Å². The number of nitrogens with zero attached hydrogens (tertiary/aromatic N) is 6. The first kappa shape index (κ1) is 22.7. The maximum absolute atomic E-state index is 12.5. The van der Waals surface area contributed by atoms with E-state index in [1.54, 1.807) is 47.5 Å². The standard InChI is InChI=1S/C26H20N6O4/c1-31-19-9-5-3-7-17(19)21(25(31)35)27-29-23(33)15-11-13-16(14-12-15)24(34)30-28-22-18-8-4-6-10-20(18)32(2)26(22)36/h3-14,35-36H,1-2H3. The topological polar surface area (TPSA) is 134 Å². The molecule has 0 atom stereocenters. The molecule has 0 aliphatic rings. The van der Waals surface area contributed by atoms with Crippen LogP contribution in [0.2, 0.25) is 0 Å². The summed E-state index contributed by atoms with van der Waals surface area (Å²) in [5.74, 6) is -1.47. The lowest BCUT2D eigenvalue weighted by atomic mass is 10.1. The van der Waals surface area contributed by atoms with Crippen molar-refractivity contribution >= 4 is 45.0 Å². The number of amides is 2. The zero-order valence-corrected chi connectivity index (χ0v) is 19.3. The molecule has 2 amide bonds. The number of para-hydroxylation sites is 2. The Balaban J connectivity index is 1.34. The van der Waals surface area contributed by atoms with Gasteiger partial charge in [-0.3, -0.25) is 9.59 Å². The second-order valence-electron chi connectivity index (χ2n) is 8.08. The fraction of sp³-hybridized carbons (Fsp3) is 0.0769. The van der Waals surface area contributed by atoms with Crippen LogP contribution in [0.4, 0.5) is 11.4 Å². The lowest BCUT2D eigenvalue weighted by Gasteiger charge is -1.98. The molecule has 0 aliphatic heterocycles. The van der Waals surface area contributed by atoms with Gasteiger partial charge >= 0.3 is 0 Å². The van der Waals surface area contributed by atoms with Gasteiger partial charge in [0.1, 0.15) is 0 Å². The summed E-state index contributed by atoms with van der Waals surface area (Å²) in [6.07, 6.45) is 0. The molecule has 0 saturated heterocycles. The van der Waals surface area contributed by atoms with Crippen molar-refractivity contribution in [3.05, 3.63) is 83.9 Å². The number of aromatic nitrogens is 2. The summed E-state index contributed by atoms with van der Waals surface area (Å²) in [6, 6.07) is 20.2. The van der Waals surface area contributed by atoms with Gasteiger partial charge in [0.2, 0.25) is 11.8 Å².